The predicted molar refractivity (Wildman–Crippen MR) is 104 cm³/mol. The lowest BCUT2D eigenvalue weighted by molar-refractivity contribution is -0.141. The summed E-state index contributed by atoms with van der Waals surface area (Å²) in [5.41, 5.74) is 0.831. The number of esters is 1. The fourth-order valence-corrected chi connectivity index (χ4v) is 2.40. The molecule has 0 aliphatic heterocycles. The van der Waals surface area contributed by atoms with E-state index in [1.165, 1.54) is 13.0 Å². The van der Waals surface area contributed by atoms with Crippen LogP contribution in [0.4, 0.5) is 0 Å². The number of ether oxygens (including phenoxy) is 3. The molecular weight excluding hydrogens is 358 g/mol. The summed E-state index contributed by atoms with van der Waals surface area (Å²) in [6.07, 6.45) is 0.369. The second-order valence-corrected chi connectivity index (χ2v) is 5.81. The summed E-state index contributed by atoms with van der Waals surface area (Å²) >= 11 is 0. The van der Waals surface area contributed by atoms with Gasteiger partial charge in [-0.1, -0.05) is 12.1 Å². The minimum absolute atomic E-state index is 0.198. The first-order valence-electron chi connectivity index (χ1n) is 8.72. The normalized spacial score (nSPS) is 11.9. The fourth-order valence-electron chi connectivity index (χ4n) is 2.40. The number of ketones is 1. The van der Waals surface area contributed by atoms with Gasteiger partial charge in [0.25, 0.3) is 0 Å². The Balaban J connectivity index is 2.06. The van der Waals surface area contributed by atoms with Gasteiger partial charge in [0.05, 0.1) is 13.7 Å². The van der Waals surface area contributed by atoms with E-state index in [0.717, 1.165) is 0 Å². The maximum atomic E-state index is 12.5. The number of rotatable bonds is 8. The second kappa shape index (κ2) is 9.93. The Labute approximate surface area is 164 Å². The van der Waals surface area contributed by atoms with Gasteiger partial charge in [0.2, 0.25) is 5.78 Å². The molecule has 0 saturated carbocycles. The van der Waals surface area contributed by atoms with Crippen molar-refractivity contribution in [3.8, 4) is 17.6 Å². The number of Topliss-reactive ketones (excluding diaryl/α,β-unsaturated/α-hetero) is 1. The Morgan fingerprint density at radius 2 is 1.68 bits per heavy atom. The van der Waals surface area contributed by atoms with E-state index >= 15 is 0 Å². The molecule has 0 spiro atoms. The first kappa shape index (κ1) is 20.7. The van der Waals surface area contributed by atoms with Crippen LogP contribution in [0.5, 0.6) is 11.5 Å². The molecular formula is C22H21NO5. The summed E-state index contributed by atoms with van der Waals surface area (Å²) in [4.78, 5) is 24.7. The zero-order valence-corrected chi connectivity index (χ0v) is 16.0. The third kappa shape index (κ3) is 5.45. The summed E-state index contributed by atoms with van der Waals surface area (Å²) in [5, 5.41) is 9.27. The third-order valence-electron chi connectivity index (χ3n) is 3.87. The number of methoxy groups -OCH3 is 1. The monoisotopic (exact) mass is 379 g/mol. The van der Waals surface area contributed by atoms with Crippen molar-refractivity contribution in [1.82, 2.24) is 0 Å². The molecule has 0 unspecified atom stereocenters. The number of carbonyl (C=O) groups is 2. The van der Waals surface area contributed by atoms with Gasteiger partial charge in [0.1, 0.15) is 23.1 Å². The first-order valence-corrected chi connectivity index (χ1v) is 8.72. The molecule has 0 bridgehead atoms. The smallest absolute Gasteiger partial charge is 0.349 e. The quantitative estimate of drug-likeness (QED) is 0.300. The van der Waals surface area contributed by atoms with E-state index in [9.17, 15) is 14.9 Å². The highest BCUT2D eigenvalue weighted by molar-refractivity contribution is 6.03. The number of hydrogen-bond donors (Lipinski definition) is 0. The average molecular weight is 379 g/mol. The number of benzene rings is 2. The van der Waals surface area contributed by atoms with E-state index in [1.54, 1.807) is 55.6 Å². The molecule has 0 saturated heterocycles. The third-order valence-corrected chi connectivity index (χ3v) is 3.87. The van der Waals surface area contributed by atoms with Gasteiger partial charge in [-0.05, 0) is 61.9 Å². The van der Waals surface area contributed by atoms with Crippen LogP contribution in [0.1, 0.15) is 29.8 Å². The standard InChI is InChI=1S/C22H21NO5/c1-4-27-20-11-7-17(8-12-20)21(24)15(2)28-22(25)18(14-23)13-16-5-9-19(26-3)10-6-16/h5-13,15H,4H2,1-3H3/b18-13+/t15-/m1/s1. The predicted octanol–water partition coefficient (Wildman–Crippen LogP) is 3.82. The fraction of sp³-hybridized carbons (Fsp3) is 0.227. The van der Waals surface area contributed by atoms with Gasteiger partial charge in [-0.3, -0.25) is 4.79 Å². The molecule has 28 heavy (non-hydrogen) atoms. The average Bonchev–Trinajstić information content (AvgIpc) is 2.72. The van der Waals surface area contributed by atoms with Crippen LogP contribution in [-0.4, -0.2) is 31.6 Å². The van der Waals surface area contributed by atoms with Crippen molar-refractivity contribution in [3.63, 3.8) is 0 Å². The lowest BCUT2D eigenvalue weighted by Gasteiger charge is -2.12. The number of nitrogens with zero attached hydrogens (tertiary/aromatic N) is 1. The van der Waals surface area contributed by atoms with Crippen LogP contribution >= 0.6 is 0 Å². The highest BCUT2D eigenvalue weighted by Gasteiger charge is 2.22. The van der Waals surface area contributed by atoms with Gasteiger partial charge >= 0.3 is 5.97 Å². The van der Waals surface area contributed by atoms with Crippen molar-refractivity contribution in [2.45, 2.75) is 20.0 Å². The number of nitriles is 1. The van der Waals surface area contributed by atoms with Crippen molar-refractivity contribution in [3.05, 3.63) is 65.2 Å². The molecule has 144 valence electrons. The van der Waals surface area contributed by atoms with E-state index in [0.29, 0.717) is 29.2 Å². The molecule has 6 heteroatoms. The Hall–Kier alpha value is -3.59. The van der Waals surface area contributed by atoms with Crippen LogP contribution in [0.3, 0.4) is 0 Å². The summed E-state index contributed by atoms with van der Waals surface area (Å²) in [6, 6.07) is 15.2. The van der Waals surface area contributed by atoms with Crippen LogP contribution in [0, 0.1) is 11.3 Å². The van der Waals surface area contributed by atoms with Crippen LogP contribution in [0.25, 0.3) is 6.08 Å². The second-order valence-electron chi connectivity index (χ2n) is 5.81. The van der Waals surface area contributed by atoms with E-state index in [1.807, 2.05) is 13.0 Å². The molecule has 2 aromatic carbocycles. The molecule has 6 nitrogen and oxygen atoms in total. The van der Waals surface area contributed by atoms with E-state index in [4.69, 9.17) is 14.2 Å². The lowest BCUT2D eigenvalue weighted by atomic mass is 10.1. The molecule has 0 radical (unpaired) electrons. The van der Waals surface area contributed by atoms with Crippen molar-refractivity contribution in [2.75, 3.05) is 13.7 Å². The minimum atomic E-state index is -1.03. The zero-order valence-electron chi connectivity index (χ0n) is 16.0. The summed E-state index contributed by atoms with van der Waals surface area (Å²) < 4.78 is 15.6. The Morgan fingerprint density at radius 1 is 1.07 bits per heavy atom. The molecule has 0 aromatic heterocycles. The highest BCUT2D eigenvalue weighted by atomic mass is 16.5. The van der Waals surface area contributed by atoms with Crippen molar-refractivity contribution < 1.29 is 23.8 Å². The summed E-state index contributed by atoms with van der Waals surface area (Å²) in [5.74, 6) is 0.0916. The lowest BCUT2D eigenvalue weighted by Crippen LogP contribution is -2.25. The summed E-state index contributed by atoms with van der Waals surface area (Å²) in [7, 11) is 1.55. The van der Waals surface area contributed by atoms with Crippen LogP contribution in [-0.2, 0) is 9.53 Å². The highest BCUT2D eigenvalue weighted by Crippen LogP contribution is 2.17. The van der Waals surface area contributed by atoms with Gasteiger partial charge in [0.15, 0.2) is 6.10 Å². The molecule has 0 N–H and O–H groups in total. The Morgan fingerprint density at radius 3 is 2.21 bits per heavy atom. The molecule has 0 amide bonds. The largest absolute Gasteiger partial charge is 0.497 e. The SMILES string of the molecule is CCOc1ccc(C(=O)[C@@H](C)OC(=O)/C(C#N)=C/c2ccc(OC)cc2)cc1. The molecule has 1 atom stereocenters. The first-order chi connectivity index (χ1) is 13.5. The zero-order chi connectivity index (χ0) is 20.5. The topological polar surface area (TPSA) is 85.6 Å². The molecule has 2 aromatic rings. The van der Waals surface area contributed by atoms with Crippen molar-refractivity contribution >= 4 is 17.8 Å². The maximum Gasteiger partial charge on any atom is 0.349 e. The maximum absolute atomic E-state index is 12.5. The Bertz CT molecular complexity index is 892. The number of hydrogen-bond acceptors (Lipinski definition) is 6. The molecule has 0 aliphatic carbocycles. The summed E-state index contributed by atoms with van der Waals surface area (Å²) in [6.45, 7) is 3.87. The molecule has 0 heterocycles. The van der Waals surface area contributed by atoms with Crippen LogP contribution in [0.2, 0.25) is 0 Å². The van der Waals surface area contributed by atoms with Gasteiger partial charge in [-0.2, -0.15) is 5.26 Å². The van der Waals surface area contributed by atoms with Gasteiger partial charge in [0, 0.05) is 5.56 Å². The van der Waals surface area contributed by atoms with Gasteiger partial charge in [-0.15, -0.1) is 0 Å². The van der Waals surface area contributed by atoms with E-state index in [-0.39, 0.29) is 11.4 Å². The number of carbonyl (C=O) groups excluding carboxylic acids is 2. The van der Waals surface area contributed by atoms with Crippen LogP contribution < -0.4 is 9.47 Å². The molecule has 0 aliphatic rings. The van der Waals surface area contributed by atoms with Crippen molar-refractivity contribution in [2.24, 2.45) is 0 Å². The van der Waals surface area contributed by atoms with Gasteiger partial charge in [-0.25, -0.2) is 4.79 Å². The van der Waals surface area contributed by atoms with Crippen LogP contribution in [0.15, 0.2) is 54.1 Å². The van der Waals surface area contributed by atoms with Crippen molar-refractivity contribution in [1.29, 1.82) is 5.26 Å². The Kier molecular flexibility index (Phi) is 7.35. The van der Waals surface area contributed by atoms with E-state index < -0.39 is 12.1 Å². The molecule has 0 fully saturated rings. The molecule has 2 rings (SSSR count). The minimum Gasteiger partial charge on any atom is -0.497 e. The van der Waals surface area contributed by atoms with Gasteiger partial charge < -0.3 is 14.2 Å². The van der Waals surface area contributed by atoms with E-state index in [2.05, 4.69) is 0 Å².